The topological polar surface area (TPSA) is 34.9 Å². The van der Waals surface area contributed by atoms with Crippen molar-refractivity contribution in [2.45, 2.75) is 33.7 Å². The fourth-order valence-corrected chi connectivity index (χ4v) is 3.45. The van der Waals surface area contributed by atoms with Crippen molar-refractivity contribution in [3.8, 4) is 11.1 Å². The quantitative estimate of drug-likeness (QED) is 0.660. The molecular weight excluding hydrogens is 352 g/mol. The Labute approximate surface area is 144 Å². The first-order valence-corrected chi connectivity index (χ1v) is 8.58. The number of aromatic nitrogens is 2. The molecule has 0 amide bonds. The van der Waals surface area contributed by atoms with Gasteiger partial charge in [-0.15, -0.1) is 0 Å². The van der Waals surface area contributed by atoms with Crippen molar-refractivity contribution in [3.63, 3.8) is 0 Å². The molecule has 0 saturated heterocycles. The summed E-state index contributed by atoms with van der Waals surface area (Å²) in [4.78, 5) is 17.3. The molecule has 0 aliphatic rings. The molecule has 0 atom stereocenters. The molecule has 0 radical (unpaired) electrons. The fourth-order valence-electron chi connectivity index (χ4n) is 3.05. The average molecular weight is 371 g/mol. The Morgan fingerprint density at radius 1 is 1.17 bits per heavy atom. The Hall–Kier alpha value is -1.94. The van der Waals surface area contributed by atoms with Gasteiger partial charge in [0.25, 0.3) is 5.56 Å². The van der Waals surface area contributed by atoms with Crippen molar-refractivity contribution in [3.05, 3.63) is 62.5 Å². The molecule has 3 rings (SSSR count). The van der Waals surface area contributed by atoms with Gasteiger partial charge in [0, 0.05) is 28.2 Å². The van der Waals surface area contributed by atoms with Gasteiger partial charge in [0.2, 0.25) is 0 Å². The van der Waals surface area contributed by atoms with Crippen LogP contribution in [0.25, 0.3) is 22.2 Å². The predicted octanol–water partition coefficient (Wildman–Crippen LogP) is 4.85. The van der Waals surface area contributed by atoms with Crippen LogP contribution < -0.4 is 5.56 Å². The first-order chi connectivity index (χ1) is 11.0. The van der Waals surface area contributed by atoms with Crippen molar-refractivity contribution < 1.29 is 0 Å². The third-order valence-corrected chi connectivity index (χ3v) is 4.46. The SMILES string of the molecule is CCCn1c(=O)cc(-c2cccc(Br)c2)c2c(C)cc(C)nc21. The number of benzene rings is 1. The van der Waals surface area contributed by atoms with Crippen LogP contribution >= 0.6 is 15.9 Å². The van der Waals surface area contributed by atoms with Gasteiger partial charge in [0.1, 0.15) is 5.65 Å². The van der Waals surface area contributed by atoms with Crippen LogP contribution in [-0.4, -0.2) is 9.55 Å². The van der Waals surface area contributed by atoms with Crippen LogP contribution in [0, 0.1) is 13.8 Å². The van der Waals surface area contributed by atoms with Crippen molar-refractivity contribution in [1.82, 2.24) is 9.55 Å². The molecule has 0 spiro atoms. The molecule has 1 aromatic carbocycles. The van der Waals surface area contributed by atoms with E-state index < -0.39 is 0 Å². The summed E-state index contributed by atoms with van der Waals surface area (Å²) in [6.45, 7) is 6.81. The van der Waals surface area contributed by atoms with Gasteiger partial charge in [-0.3, -0.25) is 9.36 Å². The Morgan fingerprint density at radius 3 is 2.65 bits per heavy atom. The van der Waals surface area contributed by atoms with Gasteiger partial charge in [-0.2, -0.15) is 0 Å². The number of pyridine rings is 2. The first kappa shape index (κ1) is 15.9. The molecule has 0 unspecified atom stereocenters. The number of hydrogen-bond acceptors (Lipinski definition) is 2. The minimum atomic E-state index is 0.00632. The summed E-state index contributed by atoms with van der Waals surface area (Å²) in [5.41, 5.74) is 4.85. The van der Waals surface area contributed by atoms with Crippen LogP contribution in [0.15, 0.2) is 45.7 Å². The zero-order valence-corrected chi connectivity index (χ0v) is 15.1. The summed E-state index contributed by atoms with van der Waals surface area (Å²) in [5.74, 6) is 0. The van der Waals surface area contributed by atoms with Gasteiger partial charge < -0.3 is 0 Å². The van der Waals surface area contributed by atoms with Crippen LogP contribution in [0.3, 0.4) is 0 Å². The Balaban J connectivity index is 2.44. The van der Waals surface area contributed by atoms with Gasteiger partial charge in [0.15, 0.2) is 0 Å². The molecule has 0 aliphatic heterocycles. The van der Waals surface area contributed by atoms with Gasteiger partial charge in [-0.05, 0) is 55.2 Å². The zero-order chi connectivity index (χ0) is 16.6. The van der Waals surface area contributed by atoms with Crippen molar-refractivity contribution >= 4 is 27.0 Å². The normalized spacial score (nSPS) is 11.1. The third kappa shape index (κ3) is 2.95. The van der Waals surface area contributed by atoms with E-state index in [4.69, 9.17) is 0 Å². The number of hydrogen-bond donors (Lipinski definition) is 0. The van der Waals surface area contributed by atoms with Crippen molar-refractivity contribution in [2.24, 2.45) is 0 Å². The molecule has 0 aliphatic carbocycles. The smallest absolute Gasteiger partial charge is 0.252 e. The summed E-state index contributed by atoms with van der Waals surface area (Å²) in [6.07, 6.45) is 0.903. The van der Waals surface area contributed by atoms with Crippen LogP contribution in [0.5, 0.6) is 0 Å². The van der Waals surface area contributed by atoms with E-state index in [2.05, 4.69) is 40.8 Å². The highest BCUT2D eigenvalue weighted by molar-refractivity contribution is 9.10. The maximum atomic E-state index is 12.6. The Bertz CT molecular complexity index is 944. The highest BCUT2D eigenvalue weighted by atomic mass is 79.9. The van der Waals surface area contributed by atoms with E-state index in [-0.39, 0.29) is 5.56 Å². The van der Waals surface area contributed by atoms with E-state index in [9.17, 15) is 4.79 Å². The lowest BCUT2D eigenvalue weighted by Gasteiger charge is -2.15. The molecule has 23 heavy (non-hydrogen) atoms. The molecule has 3 nitrogen and oxygen atoms in total. The molecule has 0 bridgehead atoms. The van der Waals surface area contributed by atoms with Gasteiger partial charge in [-0.25, -0.2) is 4.98 Å². The lowest BCUT2D eigenvalue weighted by Crippen LogP contribution is -2.21. The molecule has 118 valence electrons. The molecule has 0 N–H and O–H groups in total. The average Bonchev–Trinajstić information content (AvgIpc) is 2.49. The molecule has 3 aromatic rings. The first-order valence-electron chi connectivity index (χ1n) is 7.79. The Kier molecular flexibility index (Phi) is 4.35. The number of nitrogens with zero attached hydrogens (tertiary/aromatic N) is 2. The highest BCUT2D eigenvalue weighted by Gasteiger charge is 2.14. The maximum Gasteiger partial charge on any atom is 0.252 e. The van der Waals surface area contributed by atoms with E-state index in [1.807, 2.05) is 31.2 Å². The van der Waals surface area contributed by atoms with E-state index in [1.165, 1.54) is 0 Å². The van der Waals surface area contributed by atoms with Crippen LogP contribution in [-0.2, 0) is 6.54 Å². The molecule has 2 heterocycles. The second kappa shape index (κ2) is 6.28. The van der Waals surface area contributed by atoms with Gasteiger partial charge in [-0.1, -0.05) is 35.0 Å². The second-order valence-corrected chi connectivity index (χ2v) is 6.75. The zero-order valence-electron chi connectivity index (χ0n) is 13.6. The van der Waals surface area contributed by atoms with Gasteiger partial charge >= 0.3 is 0 Å². The lowest BCUT2D eigenvalue weighted by molar-refractivity contribution is 0.671. The van der Waals surface area contributed by atoms with E-state index in [0.717, 1.165) is 44.3 Å². The largest absolute Gasteiger partial charge is 0.293 e. The fraction of sp³-hybridized carbons (Fsp3) is 0.263. The summed E-state index contributed by atoms with van der Waals surface area (Å²) < 4.78 is 2.79. The third-order valence-electron chi connectivity index (χ3n) is 3.97. The summed E-state index contributed by atoms with van der Waals surface area (Å²) in [6, 6.07) is 11.9. The van der Waals surface area contributed by atoms with Crippen molar-refractivity contribution in [2.75, 3.05) is 0 Å². The minimum absolute atomic E-state index is 0.00632. The maximum absolute atomic E-state index is 12.6. The van der Waals surface area contributed by atoms with Crippen LogP contribution in [0.4, 0.5) is 0 Å². The van der Waals surface area contributed by atoms with Crippen molar-refractivity contribution in [1.29, 1.82) is 0 Å². The predicted molar refractivity (Wildman–Crippen MR) is 98.9 cm³/mol. The number of fused-ring (bicyclic) bond motifs is 1. The van der Waals surface area contributed by atoms with Crippen LogP contribution in [0.2, 0.25) is 0 Å². The second-order valence-electron chi connectivity index (χ2n) is 5.84. The molecule has 0 saturated carbocycles. The lowest BCUT2D eigenvalue weighted by atomic mass is 9.99. The Morgan fingerprint density at radius 2 is 1.96 bits per heavy atom. The molecular formula is C19H19BrN2O. The highest BCUT2D eigenvalue weighted by Crippen LogP contribution is 2.31. The summed E-state index contributed by atoms with van der Waals surface area (Å²) in [7, 11) is 0. The van der Waals surface area contributed by atoms with E-state index >= 15 is 0 Å². The van der Waals surface area contributed by atoms with Gasteiger partial charge in [0.05, 0.1) is 0 Å². The standard InChI is InChI=1S/C19H19BrN2O/c1-4-8-22-17(23)11-16(14-6-5-7-15(20)10-14)18-12(2)9-13(3)21-19(18)22/h5-7,9-11H,4,8H2,1-3H3. The molecule has 0 fully saturated rings. The summed E-state index contributed by atoms with van der Waals surface area (Å²) >= 11 is 3.51. The van der Waals surface area contributed by atoms with E-state index in [1.54, 1.807) is 10.6 Å². The molecule has 2 aromatic heterocycles. The molecule has 4 heteroatoms. The number of aryl methyl sites for hydroxylation is 3. The summed E-state index contributed by atoms with van der Waals surface area (Å²) in [5, 5.41) is 1.06. The number of halogens is 1. The monoisotopic (exact) mass is 370 g/mol. The van der Waals surface area contributed by atoms with Crippen LogP contribution in [0.1, 0.15) is 24.6 Å². The minimum Gasteiger partial charge on any atom is -0.293 e. The van der Waals surface area contributed by atoms with E-state index in [0.29, 0.717) is 6.54 Å². The number of rotatable bonds is 3.